The number of rotatable bonds is 4. The molecule has 0 fully saturated rings. The summed E-state index contributed by atoms with van der Waals surface area (Å²) in [5.41, 5.74) is 5.96. The first kappa shape index (κ1) is 18.2. The van der Waals surface area contributed by atoms with E-state index in [9.17, 15) is 9.59 Å². The number of amides is 1. The van der Waals surface area contributed by atoms with Crippen molar-refractivity contribution in [3.63, 3.8) is 0 Å². The van der Waals surface area contributed by atoms with Crippen LogP contribution in [-0.2, 0) is 17.8 Å². The van der Waals surface area contributed by atoms with Crippen LogP contribution in [0.5, 0.6) is 0 Å². The molecule has 0 aliphatic carbocycles. The molecule has 2 aromatic carbocycles. The highest BCUT2D eigenvalue weighted by Crippen LogP contribution is 2.32. The molecule has 4 heteroatoms. The molecule has 0 bridgehead atoms. The van der Waals surface area contributed by atoms with Gasteiger partial charge in [-0.1, -0.05) is 36.4 Å². The number of aromatic nitrogens is 1. The van der Waals surface area contributed by atoms with E-state index in [-0.39, 0.29) is 6.04 Å². The Balaban J connectivity index is 1.60. The van der Waals surface area contributed by atoms with Crippen LogP contribution in [-0.4, -0.2) is 22.3 Å². The van der Waals surface area contributed by atoms with Gasteiger partial charge in [0, 0.05) is 24.5 Å². The predicted octanol–water partition coefficient (Wildman–Crippen LogP) is 4.31. The fourth-order valence-electron chi connectivity index (χ4n) is 3.95. The monoisotopic (exact) mass is 372 g/mol. The lowest BCUT2D eigenvalue weighted by molar-refractivity contribution is -0.115. The minimum atomic E-state index is -0.461. The topological polar surface area (TPSA) is 42.3 Å². The fraction of sp³-hybridized carbons (Fsp3) is 0.250. The van der Waals surface area contributed by atoms with Crippen molar-refractivity contribution in [1.82, 2.24) is 4.57 Å². The molecule has 0 radical (unpaired) electrons. The Kier molecular flexibility index (Phi) is 4.63. The number of nitrogens with zero attached hydrogens (tertiary/aromatic N) is 2. The molecule has 1 aromatic heterocycles. The van der Waals surface area contributed by atoms with Gasteiger partial charge in [-0.15, -0.1) is 0 Å². The van der Waals surface area contributed by atoms with Crippen molar-refractivity contribution in [2.45, 2.75) is 39.8 Å². The third-order valence-corrected chi connectivity index (χ3v) is 5.61. The van der Waals surface area contributed by atoms with Crippen LogP contribution in [0.2, 0.25) is 0 Å². The molecular formula is C24H24N2O2. The molecule has 0 saturated heterocycles. The van der Waals surface area contributed by atoms with Crippen LogP contribution >= 0.6 is 0 Å². The zero-order valence-electron chi connectivity index (χ0n) is 16.5. The third kappa shape index (κ3) is 3.15. The highest BCUT2D eigenvalue weighted by atomic mass is 16.2. The molecule has 1 aliphatic rings. The number of benzene rings is 2. The summed E-state index contributed by atoms with van der Waals surface area (Å²) in [5, 5.41) is 0. The molecule has 3 aromatic rings. The van der Waals surface area contributed by atoms with E-state index in [0.29, 0.717) is 12.2 Å². The van der Waals surface area contributed by atoms with Crippen molar-refractivity contribution < 1.29 is 9.59 Å². The maximum atomic E-state index is 13.1. The van der Waals surface area contributed by atoms with Gasteiger partial charge in [-0.3, -0.25) is 9.59 Å². The minimum Gasteiger partial charge on any atom is -0.340 e. The Labute approximate surface area is 165 Å². The smallest absolute Gasteiger partial charge is 0.301 e. The predicted molar refractivity (Wildman–Crippen MR) is 111 cm³/mol. The van der Waals surface area contributed by atoms with E-state index >= 15 is 0 Å². The van der Waals surface area contributed by atoms with Gasteiger partial charge in [0.1, 0.15) is 0 Å². The molecule has 4 nitrogen and oxygen atoms in total. The van der Waals surface area contributed by atoms with E-state index in [1.807, 2.05) is 48.0 Å². The number of hydrogen-bond donors (Lipinski definition) is 0. The molecule has 1 atom stereocenters. The van der Waals surface area contributed by atoms with E-state index < -0.39 is 11.7 Å². The largest absolute Gasteiger partial charge is 0.340 e. The highest BCUT2D eigenvalue weighted by Gasteiger charge is 2.35. The Morgan fingerprint density at radius 3 is 2.57 bits per heavy atom. The van der Waals surface area contributed by atoms with E-state index in [4.69, 9.17) is 0 Å². The summed E-state index contributed by atoms with van der Waals surface area (Å²) < 4.78 is 1.86. The maximum Gasteiger partial charge on any atom is 0.301 e. The Morgan fingerprint density at radius 1 is 1.00 bits per heavy atom. The number of fused-ring (bicyclic) bond motifs is 1. The average Bonchev–Trinajstić information content (AvgIpc) is 3.26. The summed E-state index contributed by atoms with van der Waals surface area (Å²) in [6.45, 7) is 6.71. The lowest BCUT2D eigenvalue weighted by Gasteiger charge is -2.22. The van der Waals surface area contributed by atoms with Gasteiger partial charge in [-0.05, 0) is 67.6 Å². The Morgan fingerprint density at radius 2 is 1.79 bits per heavy atom. The van der Waals surface area contributed by atoms with Gasteiger partial charge >= 0.3 is 5.91 Å². The van der Waals surface area contributed by atoms with Crippen molar-refractivity contribution in [2.75, 3.05) is 4.90 Å². The number of carbonyl (C=O) groups is 2. The summed E-state index contributed by atoms with van der Waals surface area (Å²) in [6, 6.07) is 17.6. The van der Waals surface area contributed by atoms with Gasteiger partial charge in [0.15, 0.2) is 0 Å². The van der Waals surface area contributed by atoms with E-state index in [1.54, 1.807) is 11.0 Å². The molecule has 4 rings (SSSR count). The molecule has 142 valence electrons. The standard InChI is InChI=1S/C24H24N2O2/c1-16-10-11-19(13-17(16)2)15-25-12-6-9-22(25)23(27)24(28)26-18(3)14-20-7-4-5-8-21(20)26/h4-13,18H,14-15H2,1-3H3/t18-/m1/s1. The Bertz CT molecular complexity index is 1060. The normalized spacial score (nSPS) is 15.5. The zero-order valence-corrected chi connectivity index (χ0v) is 16.5. The second-order valence-corrected chi connectivity index (χ2v) is 7.63. The van der Waals surface area contributed by atoms with Crippen LogP contribution < -0.4 is 4.90 Å². The molecule has 1 aliphatic heterocycles. The molecule has 0 saturated carbocycles. The SMILES string of the molecule is Cc1ccc(Cn2cccc2C(=O)C(=O)N2c3ccccc3C[C@H]2C)cc1C. The molecule has 2 heterocycles. The number of Topliss-reactive ketones (excluding diaryl/α,β-unsaturated/α-hetero) is 1. The van der Waals surface area contributed by atoms with Crippen LogP contribution in [0.1, 0.15) is 39.7 Å². The lowest BCUT2D eigenvalue weighted by Crippen LogP contribution is -2.41. The second kappa shape index (κ2) is 7.12. The van der Waals surface area contributed by atoms with E-state index in [0.717, 1.165) is 23.2 Å². The molecular weight excluding hydrogens is 348 g/mol. The van der Waals surface area contributed by atoms with Gasteiger partial charge in [0.2, 0.25) is 0 Å². The fourth-order valence-corrected chi connectivity index (χ4v) is 3.95. The number of carbonyl (C=O) groups excluding carboxylic acids is 2. The number of anilines is 1. The van der Waals surface area contributed by atoms with Gasteiger partial charge in [0.25, 0.3) is 5.78 Å². The first-order valence-corrected chi connectivity index (χ1v) is 9.63. The number of ketones is 1. The van der Waals surface area contributed by atoms with Crippen molar-refractivity contribution in [2.24, 2.45) is 0 Å². The number of aryl methyl sites for hydroxylation is 2. The summed E-state index contributed by atoms with van der Waals surface area (Å²) in [5.74, 6) is -0.921. The van der Waals surface area contributed by atoms with Gasteiger partial charge < -0.3 is 9.47 Å². The average molecular weight is 372 g/mol. The van der Waals surface area contributed by atoms with E-state index in [1.165, 1.54) is 11.1 Å². The second-order valence-electron chi connectivity index (χ2n) is 7.63. The lowest BCUT2D eigenvalue weighted by atomic mass is 10.1. The molecule has 0 unspecified atom stereocenters. The van der Waals surface area contributed by atoms with Crippen molar-refractivity contribution in [3.8, 4) is 0 Å². The van der Waals surface area contributed by atoms with Crippen molar-refractivity contribution in [3.05, 3.63) is 88.7 Å². The zero-order chi connectivity index (χ0) is 19.8. The van der Waals surface area contributed by atoms with Crippen LogP contribution in [0.4, 0.5) is 5.69 Å². The highest BCUT2D eigenvalue weighted by molar-refractivity contribution is 6.47. The molecule has 1 amide bonds. The van der Waals surface area contributed by atoms with Crippen molar-refractivity contribution in [1.29, 1.82) is 0 Å². The number of hydrogen-bond acceptors (Lipinski definition) is 2. The first-order valence-electron chi connectivity index (χ1n) is 9.63. The minimum absolute atomic E-state index is 0.0167. The molecule has 28 heavy (non-hydrogen) atoms. The summed E-state index contributed by atoms with van der Waals surface area (Å²) in [7, 11) is 0. The summed E-state index contributed by atoms with van der Waals surface area (Å²) in [4.78, 5) is 27.8. The summed E-state index contributed by atoms with van der Waals surface area (Å²) >= 11 is 0. The van der Waals surface area contributed by atoms with Gasteiger partial charge in [0.05, 0.1) is 5.69 Å². The maximum absolute atomic E-state index is 13.1. The Hall–Kier alpha value is -3.14. The molecule has 0 spiro atoms. The van der Waals surface area contributed by atoms with E-state index in [2.05, 4.69) is 32.0 Å². The summed E-state index contributed by atoms with van der Waals surface area (Å²) in [6.07, 6.45) is 2.63. The van der Waals surface area contributed by atoms with Crippen LogP contribution in [0, 0.1) is 13.8 Å². The van der Waals surface area contributed by atoms with Gasteiger partial charge in [-0.2, -0.15) is 0 Å². The third-order valence-electron chi connectivity index (χ3n) is 5.61. The van der Waals surface area contributed by atoms with Crippen molar-refractivity contribution >= 4 is 17.4 Å². The van der Waals surface area contributed by atoms with Crippen LogP contribution in [0.15, 0.2) is 60.8 Å². The first-order chi connectivity index (χ1) is 13.5. The van der Waals surface area contributed by atoms with Crippen LogP contribution in [0.3, 0.4) is 0 Å². The van der Waals surface area contributed by atoms with Gasteiger partial charge in [-0.25, -0.2) is 0 Å². The number of para-hydroxylation sites is 1. The molecule has 0 N–H and O–H groups in total. The quantitative estimate of drug-likeness (QED) is 0.506. The van der Waals surface area contributed by atoms with Crippen LogP contribution in [0.25, 0.3) is 0 Å².